The summed E-state index contributed by atoms with van der Waals surface area (Å²) in [5.41, 5.74) is -0.175. The van der Waals surface area contributed by atoms with Gasteiger partial charge < -0.3 is 10.2 Å². The van der Waals surface area contributed by atoms with Gasteiger partial charge in [0.25, 0.3) is 0 Å². The van der Waals surface area contributed by atoms with Gasteiger partial charge in [0.05, 0.1) is 11.5 Å². The highest BCUT2D eigenvalue weighted by atomic mass is 15.2. The molecule has 1 heterocycles. The van der Waals surface area contributed by atoms with Crippen molar-refractivity contribution in [1.82, 2.24) is 10.2 Å². The molecule has 0 amide bonds. The average Bonchev–Trinajstić information content (AvgIpc) is 1.98. The highest BCUT2D eigenvalue weighted by Crippen LogP contribution is 2.19. The second-order valence-corrected chi connectivity index (χ2v) is 4.54. The third-order valence-electron chi connectivity index (χ3n) is 2.78. The molecule has 1 aliphatic rings. The van der Waals surface area contributed by atoms with Gasteiger partial charge in [-0.15, -0.1) is 0 Å². The van der Waals surface area contributed by atoms with Crippen molar-refractivity contribution in [1.29, 1.82) is 5.26 Å². The topological polar surface area (TPSA) is 39.1 Å². The molecule has 0 bridgehead atoms. The van der Waals surface area contributed by atoms with Crippen LogP contribution in [0.15, 0.2) is 0 Å². The van der Waals surface area contributed by atoms with Gasteiger partial charge in [-0.1, -0.05) is 0 Å². The molecule has 0 aromatic carbocycles. The van der Waals surface area contributed by atoms with Crippen LogP contribution in [0, 0.1) is 16.7 Å². The largest absolute Gasteiger partial charge is 0.314 e. The summed E-state index contributed by atoms with van der Waals surface area (Å²) in [5, 5.41) is 12.1. The maximum absolute atomic E-state index is 8.84. The Balaban J connectivity index is 2.22. The fourth-order valence-electron chi connectivity index (χ4n) is 1.28. The molecule has 0 atom stereocenters. The molecule has 74 valence electrons. The first-order valence-corrected chi connectivity index (χ1v) is 4.87. The van der Waals surface area contributed by atoms with Crippen LogP contribution in [-0.2, 0) is 0 Å². The number of nitriles is 1. The van der Waals surface area contributed by atoms with Gasteiger partial charge in [0.15, 0.2) is 0 Å². The molecule has 0 saturated carbocycles. The first kappa shape index (κ1) is 10.5. The molecule has 0 aromatic heterocycles. The monoisotopic (exact) mass is 181 g/mol. The zero-order valence-electron chi connectivity index (χ0n) is 8.80. The van der Waals surface area contributed by atoms with E-state index in [0.29, 0.717) is 6.04 Å². The number of hydrogen-bond donors (Lipinski definition) is 1. The normalized spacial score (nSPS) is 18.4. The van der Waals surface area contributed by atoms with Crippen LogP contribution in [0.1, 0.15) is 20.3 Å². The van der Waals surface area contributed by atoms with E-state index in [-0.39, 0.29) is 5.41 Å². The lowest BCUT2D eigenvalue weighted by molar-refractivity contribution is 0.165. The number of likely N-dealkylation sites (N-methyl/N-ethyl adjacent to an activating group) is 1. The molecule has 3 nitrogen and oxygen atoms in total. The van der Waals surface area contributed by atoms with Crippen LogP contribution in [0.2, 0.25) is 0 Å². The quantitative estimate of drug-likeness (QED) is 0.698. The van der Waals surface area contributed by atoms with Crippen LogP contribution in [0.4, 0.5) is 0 Å². The van der Waals surface area contributed by atoms with Crippen molar-refractivity contribution in [3.05, 3.63) is 0 Å². The Morgan fingerprint density at radius 2 is 2.15 bits per heavy atom. The molecule has 0 spiro atoms. The van der Waals surface area contributed by atoms with Crippen molar-refractivity contribution in [3.63, 3.8) is 0 Å². The smallest absolute Gasteiger partial charge is 0.0684 e. The van der Waals surface area contributed by atoms with Crippen molar-refractivity contribution in [3.8, 4) is 6.07 Å². The number of hydrogen-bond acceptors (Lipinski definition) is 3. The Morgan fingerprint density at radius 1 is 1.54 bits per heavy atom. The maximum atomic E-state index is 8.84. The minimum Gasteiger partial charge on any atom is -0.314 e. The predicted molar refractivity (Wildman–Crippen MR) is 53.3 cm³/mol. The molecular formula is C10H19N3. The van der Waals surface area contributed by atoms with E-state index in [4.69, 9.17) is 5.26 Å². The van der Waals surface area contributed by atoms with Gasteiger partial charge >= 0.3 is 0 Å². The molecule has 3 heteroatoms. The van der Waals surface area contributed by atoms with E-state index in [1.165, 1.54) is 0 Å². The van der Waals surface area contributed by atoms with Gasteiger partial charge in [0.1, 0.15) is 0 Å². The average molecular weight is 181 g/mol. The minimum atomic E-state index is -0.175. The standard InChI is InChI=1S/C10H19N3/c1-10(2,8-11)4-5-13(3)9-6-12-7-9/h9,12H,4-7H2,1-3H3. The van der Waals surface area contributed by atoms with E-state index in [1.807, 2.05) is 13.8 Å². The lowest BCUT2D eigenvalue weighted by Gasteiger charge is -2.36. The molecule has 1 aliphatic heterocycles. The molecule has 1 N–H and O–H groups in total. The number of nitrogens with zero attached hydrogens (tertiary/aromatic N) is 2. The van der Waals surface area contributed by atoms with Crippen molar-refractivity contribution in [2.45, 2.75) is 26.3 Å². The lowest BCUT2D eigenvalue weighted by atomic mass is 9.91. The summed E-state index contributed by atoms with van der Waals surface area (Å²) in [6.07, 6.45) is 0.955. The third kappa shape index (κ3) is 2.98. The van der Waals surface area contributed by atoms with Gasteiger partial charge in [-0.2, -0.15) is 5.26 Å². The zero-order chi connectivity index (χ0) is 9.90. The van der Waals surface area contributed by atoms with Gasteiger partial charge in [-0.25, -0.2) is 0 Å². The summed E-state index contributed by atoms with van der Waals surface area (Å²) in [7, 11) is 2.14. The van der Waals surface area contributed by atoms with Gasteiger partial charge in [0.2, 0.25) is 0 Å². The molecule has 13 heavy (non-hydrogen) atoms. The van der Waals surface area contributed by atoms with E-state index in [2.05, 4.69) is 23.3 Å². The van der Waals surface area contributed by atoms with E-state index in [1.54, 1.807) is 0 Å². The lowest BCUT2D eigenvalue weighted by Crippen LogP contribution is -2.56. The second-order valence-electron chi connectivity index (χ2n) is 4.54. The maximum Gasteiger partial charge on any atom is 0.0684 e. The van der Waals surface area contributed by atoms with Crippen LogP contribution in [0.3, 0.4) is 0 Å². The predicted octanol–water partition coefficient (Wildman–Crippen LogP) is 0.830. The highest BCUT2D eigenvalue weighted by molar-refractivity contribution is 4.93. The summed E-state index contributed by atoms with van der Waals surface area (Å²) < 4.78 is 0. The Kier molecular flexibility index (Phi) is 3.29. The molecule has 0 radical (unpaired) electrons. The van der Waals surface area contributed by atoms with Crippen LogP contribution >= 0.6 is 0 Å². The molecule has 0 aromatic rings. The molecule has 1 rings (SSSR count). The Bertz CT molecular complexity index is 201. The van der Waals surface area contributed by atoms with Crippen molar-refractivity contribution in [2.24, 2.45) is 5.41 Å². The first-order chi connectivity index (χ1) is 6.05. The molecule has 0 unspecified atom stereocenters. The van der Waals surface area contributed by atoms with E-state index < -0.39 is 0 Å². The van der Waals surface area contributed by atoms with Crippen LogP contribution in [-0.4, -0.2) is 37.6 Å². The van der Waals surface area contributed by atoms with Gasteiger partial charge in [0, 0.05) is 19.1 Å². The third-order valence-corrected chi connectivity index (χ3v) is 2.78. The van der Waals surface area contributed by atoms with Crippen LogP contribution in [0.25, 0.3) is 0 Å². The fourth-order valence-corrected chi connectivity index (χ4v) is 1.28. The second kappa shape index (κ2) is 4.08. The highest BCUT2D eigenvalue weighted by Gasteiger charge is 2.23. The summed E-state index contributed by atoms with van der Waals surface area (Å²) in [4.78, 5) is 2.34. The van der Waals surface area contributed by atoms with Crippen molar-refractivity contribution in [2.75, 3.05) is 26.7 Å². The van der Waals surface area contributed by atoms with E-state index >= 15 is 0 Å². The number of nitrogens with one attached hydrogen (secondary N) is 1. The Hall–Kier alpha value is -0.590. The zero-order valence-corrected chi connectivity index (χ0v) is 8.80. The van der Waals surface area contributed by atoms with E-state index in [9.17, 15) is 0 Å². The summed E-state index contributed by atoms with van der Waals surface area (Å²) in [6.45, 7) is 7.22. The number of rotatable bonds is 4. The summed E-state index contributed by atoms with van der Waals surface area (Å²) in [6, 6.07) is 3.02. The van der Waals surface area contributed by atoms with Gasteiger partial charge in [-0.05, 0) is 33.9 Å². The molecular weight excluding hydrogens is 162 g/mol. The SMILES string of the molecule is CN(CCC(C)(C)C#N)C1CNC1. The van der Waals surface area contributed by atoms with E-state index in [0.717, 1.165) is 26.1 Å². The van der Waals surface area contributed by atoms with Crippen LogP contribution in [0.5, 0.6) is 0 Å². The molecule has 0 aliphatic carbocycles. The summed E-state index contributed by atoms with van der Waals surface area (Å²) in [5.74, 6) is 0. The van der Waals surface area contributed by atoms with Crippen LogP contribution < -0.4 is 5.32 Å². The fraction of sp³-hybridized carbons (Fsp3) is 0.900. The molecule has 1 saturated heterocycles. The van der Waals surface area contributed by atoms with Crippen molar-refractivity contribution >= 4 is 0 Å². The van der Waals surface area contributed by atoms with Gasteiger partial charge in [-0.3, -0.25) is 0 Å². The summed E-state index contributed by atoms with van der Waals surface area (Å²) >= 11 is 0. The van der Waals surface area contributed by atoms with Crippen molar-refractivity contribution < 1.29 is 0 Å². The Labute approximate surface area is 80.7 Å². The Morgan fingerprint density at radius 3 is 2.54 bits per heavy atom. The molecule has 1 fully saturated rings. The first-order valence-electron chi connectivity index (χ1n) is 4.87. The minimum absolute atomic E-state index is 0.175.